The van der Waals surface area contributed by atoms with Crippen LogP contribution in [0.2, 0.25) is 0 Å². The minimum absolute atomic E-state index is 0.266. The lowest BCUT2D eigenvalue weighted by Crippen LogP contribution is -2.04. The minimum Gasteiger partial charge on any atom is -0.457 e. The van der Waals surface area contributed by atoms with Crippen LogP contribution < -0.4 is 10.1 Å². The van der Waals surface area contributed by atoms with E-state index in [9.17, 15) is 13.2 Å². The average Bonchev–Trinajstić information content (AvgIpc) is 3.30. The summed E-state index contributed by atoms with van der Waals surface area (Å²) in [6.45, 7) is 1.97. The molecule has 3 aromatic carbocycles. The van der Waals surface area contributed by atoms with Gasteiger partial charge < -0.3 is 15.0 Å². The van der Waals surface area contributed by atoms with Gasteiger partial charge in [-0.2, -0.15) is 13.2 Å². The summed E-state index contributed by atoms with van der Waals surface area (Å²) in [7, 11) is 0. The number of fused-ring (bicyclic) bond motifs is 2. The standard InChI is InChI=1S/C22H14BrF3N4OS/c1-11-27-17-10-15(6-7-19(17)32-11)31-14-4-2-13(3-5-14)28-21-29-18-9-12(22(24,25)26)8-16(23)20(18)30-21/h2-10H,1H3,(H2,28,29,30). The molecule has 0 aliphatic heterocycles. The van der Waals surface area contributed by atoms with Crippen LogP contribution in [0.15, 0.2) is 59.1 Å². The molecule has 5 nitrogen and oxygen atoms in total. The molecule has 0 radical (unpaired) electrons. The van der Waals surface area contributed by atoms with Crippen molar-refractivity contribution in [3.05, 3.63) is 69.6 Å². The normalized spacial score (nSPS) is 11.9. The fourth-order valence-corrected chi connectivity index (χ4v) is 4.62. The number of benzene rings is 3. The van der Waals surface area contributed by atoms with Crippen LogP contribution >= 0.6 is 27.3 Å². The number of hydrogen-bond acceptors (Lipinski definition) is 5. The van der Waals surface area contributed by atoms with Crippen LogP contribution in [0.3, 0.4) is 0 Å². The van der Waals surface area contributed by atoms with Crippen molar-refractivity contribution < 1.29 is 17.9 Å². The fourth-order valence-electron chi connectivity index (χ4n) is 3.26. The number of hydrogen-bond donors (Lipinski definition) is 2. The molecule has 0 spiro atoms. The van der Waals surface area contributed by atoms with Crippen molar-refractivity contribution in [1.29, 1.82) is 0 Å². The van der Waals surface area contributed by atoms with Crippen LogP contribution in [0.1, 0.15) is 10.6 Å². The molecule has 0 amide bonds. The SMILES string of the molecule is Cc1nc2cc(Oc3ccc(Nc4nc5c(Br)cc(C(F)(F)F)cc5[nH]4)cc3)ccc2s1. The van der Waals surface area contributed by atoms with Crippen molar-refractivity contribution in [3.63, 3.8) is 0 Å². The van der Waals surface area contributed by atoms with Gasteiger partial charge in [0.1, 0.15) is 17.0 Å². The molecule has 0 fully saturated rings. The first kappa shape index (κ1) is 20.8. The first-order valence-electron chi connectivity index (χ1n) is 9.43. The van der Waals surface area contributed by atoms with Crippen LogP contribution in [-0.2, 0) is 6.18 Å². The van der Waals surface area contributed by atoms with E-state index in [4.69, 9.17) is 4.74 Å². The molecule has 0 saturated carbocycles. The predicted octanol–water partition coefficient (Wildman–Crippen LogP) is 7.80. The van der Waals surface area contributed by atoms with Crippen LogP contribution in [0.5, 0.6) is 11.5 Å². The highest BCUT2D eigenvalue weighted by molar-refractivity contribution is 9.10. The molecule has 0 atom stereocenters. The summed E-state index contributed by atoms with van der Waals surface area (Å²) >= 11 is 4.80. The Bertz CT molecular complexity index is 1440. The van der Waals surface area contributed by atoms with Crippen molar-refractivity contribution >= 4 is 60.2 Å². The Hall–Kier alpha value is -3.11. The summed E-state index contributed by atoms with van der Waals surface area (Å²) in [5, 5.41) is 4.06. The van der Waals surface area contributed by atoms with Crippen LogP contribution in [0.4, 0.5) is 24.8 Å². The van der Waals surface area contributed by atoms with Crippen molar-refractivity contribution in [2.24, 2.45) is 0 Å². The number of nitrogens with zero attached hydrogens (tertiary/aromatic N) is 2. The fraction of sp³-hybridized carbons (Fsp3) is 0.0909. The van der Waals surface area contributed by atoms with E-state index in [-0.39, 0.29) is 9.99 Å². The smallest absolute Gasteiger partial charge is 0.416 e. The Morgan fingerprint density at radius 3 is 2.50 bits per heavy atom. The summed E-state index contributed by atoms with van der Waals surface area (Å²) < 4.78 is 46.4. The van der Waals surface area contributed by atoms with E-state index in [1.165, 1.54) is 0 Å². The molecule has 2 N–H and O–H groups in total. The van der Waals surface area contributed by atoms with E-state index >= 15 is 0 Å². The highest BCUT2D eigenvalue weighted by Crippen LogP contribution is 2.35. The van der Waals surface area contributed by atoms with Gasteiger partial charge in [0.25, 0.3) is 0 Å². The number of aromatic nitrogens is 3. The number of thiazole rings is 1. The molecule has 2 heterocycles. The first-order valence-corrected chi connectivity index (χ1v) is 11.0. The molecule has 0 unspecified atom stereocenters. The molecule has 0 aliphatic carbocycles. The van der Waals surface area contributed by atoms with Crippen LogP contribution in [0, 0.1) is 6.92 Å². The van der Waals surface area contributed by atoms with E-state index in [0.717, 1.165) is 27.4 Å². The lowest BCUT2D eigenvalue weighted by Gasteiger charge is -2.07. The van der Waals surface area contributed by atoms with Gasteiger partial charge in [-0.25, -0.2) is 9.97 Å². The number of H-pyrrole nitrogens is 1. The van der Waals surface area contributed by atoms with Crippen molar-refractivity contribution in [2.75, 3.05) is 5.32 Å². The molecule has 10 heteroatoms. The lowest BCUT2D eigenvalue weighted by molar-refractivity contribution is -0.137. The number of anilines is 2. The summed E-state index contributed by atoms with van der Waals surface area (Å²) in [5.74, 6) is 1.66. The third-order valence-electron chi connectivity index (χ3n) is 4.69. The van der Waals surface area contributed by atoms with E-state index < -0.39 is 11.7 Å². The van der Waals surface area contributed by atoms with Crippen LogP contribution in [0.25, 0.3) is 21.3 Å². The zero-order chi connectivity index (χ0) is 22.5. The molecule has 0 aliphatic rings. The quantitative estimate of drug-likeness (QED) is 0.254. The summed E-state index contributed by atoms with van der Waals surface area (Å²) in [4.78, 5) is 11.7. The van der Waals surface area contributed by atoms with Gasteiger partial charge in [-0.3, -0.25) is 0 Å². The van der Waals surface area contributed by atoms with E-state index in [1.54, 1.807) is 35.6 Å². The molecule has 162 valence electrons. The monoisotopic (exact) mass is 518 g/mol. The molecular formula is C22H14BrF3N4OS. The third kappa shape index (κ3) is 4.15. The number of nitrogens with one attached hydrogen (secondary N) is 2. The number of ether oxygens (including phenoxy) is 1. The Labute approximate surface area is 192 Å². The number of rotatable bonds is 4. The molecule has 0 bridgehead atoms. The zero-order valence-electron chi connectivity index (χ0n) is 16.4. The Morgan fingerprint density at radius 2 is 1.75 bits per heavy atom. The number of aromatic amines is 1. The van der Waals surface area contributed by atoms with Gasteiger partial charge in [0.05, 0.1) is 26.3 Å². The van der Waals surface area contributed by atoms with E-state index in [1.807, 2.05) is 25.1 Å². The van der Waals surface area contributed by atoms with Crippen molar-refractivity contribution in [2.45, 2.75) is 13.1 Å². The van der Waals surface area contributed by atoms with Gasteiger partial charge in [-0.15, -0.1) is 11.3 Å². The number of alkyl halides is 3. The topological polar surface area (TPSA) is 62.8 Å². The summed E-state index contributed by atoms with van der Waals surface area (Å²) in [5.41, 5.74) is 1.54. The van der Waals surface area contributed by atoms with E-state index in [0.29, 0.717) is 28.7 Å². The maximum absolute atomic E-state index is 13.0. The Kier molecular flexibility index (Phi) is 5.06. The van der Waals surface area contributed by atoms with Gasteiger partial charge in [-0.05, 0) is 71.4 Å². The first-order chi connectivity index (χ1) is 15.2. The lowest BCUT2D eigenvalue weighted by atomic mass is 10.2. The maximum Gasteiger partial charge on any atom is 0.416 e. The van der Waals surface area contributed by atoms with Gasteiger partial charge in [-0.1, -0.05) is 0 Å². The summed E-state index contributed by atoms with van der Waals surface area (Å²) in [6, 6.07) is 15.0. The van der Waals surface area contributed by atoms with Crippen molar-refractivity contribution in [3.8, 4) is 11.5 Å². The van der Waals surface area contributed by atoms with Gasteiger partial charge in [0.2, 0.25) is 5.95 Å². The van der Waals surface area contributed by atoms with E-state index in [2.05, 4.69) is 36.2 Å². The molecule has 5 aromatic rings. The number of aryl methyl sites for hydroxylation is 1. The molecular weight excluding hydrogens is 505 g/mol. The van der Waals surface area contributed by atoms with Crippen LogP contribution in [-0.4, -0.2) is 15.0 Å². The second-order valence-electron chi connectivity index (χ2n) is 7.05. The van der Waals surface area contributed by atoms with Crippen molar-refractivity contribution in [1.82, 2.24) is 15.0 Å². The number of halogens is 4. The van der Waals surface area contributed by atoms with Gasteiger partial charge in [0.15, 0.2) is 0 Å². The van der Waals surface area contributed by atoms with Gasteiger partial charge in [0, 0.05) is 16.2 Å². The molecule has 0 saturated heterocycles. The molecule has 5 rings (SSSR count). The second-order valence-corrected chi connectivity index (χ2v) is 9.14. The largest absolute Gasteiger partial charge is 0.457 e. The maximum atomic E-state index is 13.0. The highest BCUT2D eigenvalue weighted by atomic mass is 79.9. The molecule has 32 heavy (non-hydrogen) atoms. The zero-order valence-corrected chi connectivity index (χ0v) is 18.8. The Balaban J connectivity index is 1.33. The molecule has 2 aromatic heterocycles. The Morgan fingerprint density at radius 1 is 1.00 bits per heavy atom. The summed E-state index contributed by atoms with van der Waals surface area (Å²) in [6.07, 6.45) is -4.44. The van der Waals surface area contributed by atoms with Gasteiger partial charge >= 0.3 is 6.18 Å². The highest BCUT2D eigenvalue weighted by Gasteiger charge is 2.31. The number of imidazole rings is 1. The third-order valence-corrected chi connectivity index (χ3v) is 6.24. The minimum atomic E-state index is -4.44. The average molecular weight is 519 g/mol. The second kappa shape index (κ2) is 7.79. The predicted molar refractivity (Wildman–Crippen MR) is 123 cm³/mol.